The Bertz CT molecular complexity index is 126. The van der Waals surface area contributed by atoms with E-state index in [0.717, 1.165) is 36.8 Å². The summed E-state index contributed by atoms with van der Waals surface area (Å²) in [5, 5.41) is 7.14. The molecular formula is C8H16N2S. The van der Waals surface area contributed by atoms with Gasteiger partial charge >= 0.3 is 0 Å². The van der Waals surface area contributed by atoms with E-state index >= 15 is 0 Å². The molecule has 2 N–H and O–H groups in total. The molecule has 1 heterocycles. The normalized spacial score (nSPS) is 43.9. The first-order valence-electron chi connectivity index (χ1n) is 4.48. The van der Waals surface area contributed by atoms with Crippen LogP contribution in [0.2, 0.25) is 0 Å². The van der Waals surface area contributed by atoms with Gasteiger partial charge in [-0.1, -0.05) is 0 Å². The maximum atomic E-state index is 4.31. The molecule has 0 radical (unpaired) electrons. The molecule has 11 heavy (non-hydrogen) atoms. The van der Waals surface area contributed by atoms with Gasteiger partial charge < -0.3 is 10.6 Å². The van der Waals surface area contributed by atoms with Crippen LogP contribution in [0, 0.1) is 5.92 Å². The van der Waals surface area contributed by atoms with Gasteiger partial charge in [0.2, 0.25) is 0 Å². The van der Waals surface area contributed by atoms with E-state index in [4.69, 9.17) is 0 Å². The fraction of sp³-hybridized carbons (Fsp3) is 1.00. The summed E-state index contributed by atoms with van der Waals surface area (Å²) in [5.74, 6) is 1.73. The van der Waals surface area contributed by atoms with Gasteiger partial charge in [0.25, 0.3) is 0 Å². The van der Waals surface area contributed by atoms with E-state index in [1.54, 1.807) is 0 Å². The van der Waals surface area contributed by atoms with Crippen LogP contribution in [0.4, 0.5) is 0 Å². The fourth-order valence-electron chi connectivity index (χ4n) is 1.83. The van der Waals surface area contributed by atoms with E-state index in [9.17, 15) is 0 Å². The number of hydrogen-bond acceptors (Lipinski definition) is 3. The average Bonchev–Trinajstić information content (AvgIpc) is 2.11. The topological polar surface area (TPSA) is 24.1 Å². The predicted molar refractivity (Wildman–Crippen MR) is 50.2 cm³/mol. The number of thiol groups is 1. The highest BCUT2D eigenvalue weighted by molar-refractivity contribution is 7.80. The predicted octanol–water partition coefficient (Wildman–Crippen LogP) is 0.256. The highest BCUT2D eigenvalue weighted by Crippen LogP contribution is 2.22. The molecule has 0 bridgehead atoms. The third-order valence-electron chi connectivity index (χ3n) is 2.87. The van der Waals surface area contributed by atoms with Crippen molar-refractivity contribution in [2.24, 2.45) is 5.92 Å². The van der Waals surface area contributed by atoms with E-state index in [1.165, 1.54) is 12.8 Å². The molecule has 2 aliphatic rings. The average molecular weight is 172 g/mol. The smallest absolute Gasteiger partial charge is 0.0221 e. The lowest BCUT2D eigenvalue weighted by Gasteiger charge is -2.35. The summed E-state index contributed by atoms with van der Waals surface area (Å²) in [5.41, 5.74) is 0. The van der Waals surface area contributed by atoms with Crippen LogP contribution in [0.15, 0.2) is 0 Å². The van der Waals surface area contributed by atoms with Crippen LogP contribution in [0.5, 0.6) is 0 Å². The van der Waals surface area contributed by atoms with Crippen LogP contribution < -0.4 is 10.6 Å². The Morgan fingerprint density at radius 2 is 1.64 bits per heavy atom. The van der Waals surface area contributed by atoms with Crippen molar-refractivity contribution >= 4 is 12.6 Å². The lowest BCUT2D eigenvalue weighted by Crippen LogP contribution is -2.52. The Labute approximate surface area is 73.5 Å². The molecular weight excluding hydrogens is 156 g/mol. The summed E-state index contributed by atoms with van der Waals surface area (Å²) in [7, 11) is 0. The minimum absolute atomic E-state index is 0.726. The molecule has 1 aliphatic heterocycles. The maximum Gasteiger partial charge on any atom is 0.0221 e. The standard InChI is InChI=1S/C8H16N2S/c11-5-6-3-9-7-1-2-8(7)10-4-6/h6-11H,1-5H2/t6-,7+,8-. The molecule has 0 aromatic rings. The minimum Gasteiger partial charge on any atom is -0.312 e. The van der Waals surface area contributed by atoms with Crippen molar-refractivity contribution in [3.8, 4) is 0 Å². The van der Waals surface area contributed by atoms with Crippen LogP contribution in [0.3, 0.4) is 0 Å². The number of fused-ring (bicyclic) bond motifs is 1. The molecule has 0 unspecified atom stereocenters. The summed E-state index contributed by atoms with van der Waals surface area (Å²) in [6.07, 6.45) is 2.72. The lowest BCUT2D eigenvalue weighted by molar-refractivity contribution is 0.264. The van der Waals surface area contributed by atoms with Gasteiger partial charge in [0.05, 0.1) is 0 Å². The molecule has 0 aromatic carbocycles. The highest BCUT2D eigenvalue weighted by atomic mass is 32.1. The number of rotatable bonds is 1. The van der Waals surface area contributed by atoms with Gasteiger partial charge in [-0.15, -0.1) is 0 Å². The van der Waals surface area contributed by atoms with E-state index in [2.05, 4.69) is 23.3 Å². The van der Waals surface area contributed by atoms with Crippen molar-refractivity contribution in [3.63, 3.8) is 0 Å². The molecule has 0 spiro atoms. The first-order chi connectivity index (χ1) is 5.40. The van der Waals surface area contributed by atoms with Crippen molar-refractivity contribution in [1.29, 1.82) is 0 Å². The molecule has 2 nitrogen and oxygen atoms in total. The van der Waals surface area contributed by atoms with Gasteiger partial charge in [-0.25, -0.2) is 0 Å². The van der Waals surface area contributed by atoms with Crippen molar-refractivity contribution in [3.05, 3.63) is 0 Å². The Kier molecular flexibility index (Phi) is 2.39. The van der Waals surface area contributed by atoms with Crippen molar-refractivity contribution in [2.45, 2.75) is 24.9 Å². The van der Waals surface area contributed by atoms with Crippen LogP contribution in [-0.4, -0.2) is 30.9 Å². The monoisotopic (exact) mass is 172 g/mol. The summed E-state index contributed by atoms with van der Waals surface area (Å²) in [6.45, 7) is 2.30. The summed E-state index contributed by atoms with van der Waals surface area (Å²) < 4.78 is 0. The van der Waals surface area contributed by atoms with Gasteiger partial charge in [-0.3, -0.25) is 0 Å². The van der Waals surface area contributed by atoms with E-state index in [-0.39, 0.29) is 0 Å². The molecule has 2 fully saturated rings. The molecule has 0 aromatic heterocycles. The molecule has 2 rings (SSSR count). The lowest BCUT2D eigenvalue weighted by atomic mass is 9.87. The zero-order valence-electron chi connectivity index (χ0n) is 6.71. The first-order valence-corrected chi connectivity index (χ1v) is 5.11. The molecule has 64 valence electrons. The highest BCUT2D eigenvalue weighted by Gasteiger charge is 2.32. The molecule has 3 atom stereocenters. The summed E-state index contributed by atoms with van der Waals surface area (Å²) >= 11 is 4.31. The van der Waals surface area contributed by atoms with Crippen molar-refractivity contribution in [1.82, 2.24) is 10.6 Å². The fourth-order valence-corrected chi connectivity index (χ4v) is 2.08. The van der Waals surface area contributed by atoms with Gasteiger partial charge in [-0.05, 0) is 24.5 Å². The van der Waals surface area contributed by atoms with Gasteiger partial charge in [0.1, 0.15) is 0 Å². The van der Waals surface area contributed by atoms with Crippen LogP contribution >= 0.6 is 12.6 Å². The Balaban J connectivity index is 1.87. The quantitative estimate of drug-likeness (QED) is 0.494. The van der Waals surface area contributed by atoms with E-state index in [1.807, 2.05) is 0 Å². The Morgan fingerprint density at radius 3 is 2.00 bits per heavy atom. The van der Waals surface area contributed by atoms with Gasteiger partial charge in [0, 0.05) is 25.2 Å². The second-order valence-electron chi connectivity index (χ2n) is 3.66. The Hall–Kier alpha value is 0.270. The molecule has 1 aliphatic carbocycles. The maximum absolute atomic E-state index is 4.31. The second kappa shape index (κ2) is 3.33. The van der Waals surface area contributed by atoms with Crippen LogP contribution in [0.1, 0.15) is 12.8 Å². The molecule has 0 amide bonds. The Morgan fingerprint density at radius 1 is 1.09 bits per heavy atom. The van der Waals surface area contributed by atoms with Gasteiger partial charge in [0.15, 0.2) is 0 Å². The second-order valence-corrected chi connectivity index (χ2v) is 4.02. The number of hydrogen-bond donors (Lipinski definition) is 3. The van der Waals surface area contributed by atoms with Crippen molar-refractivity contribution in [2.75, 3.05) is 18.8 Å². The largest absolute Gasteiger partial charge is 0.312 e. The third kappa shape index (κ3) is 1.55. The van der Waals surface area contributed by atoms with Crippen LogP contribution in [0.25, 0.3) is 0 Å². The zero-order valence-corrected chi connectivity index (χ0v) is 7.61. The van der Waals surface area contributed by atoms with E-state index < -0.39 is 0 Å². The summed E-state index contributed by atoms with van der Waals surface area (Å²) in [6, 6.07) is 1.53. The first kappa shape index (κ1) is 7.90. The zero-order chi connectivity index (χ0) is 7.68. The molecule has 1 saturated carbocycles. The third-order valence-corrected chi connectivity index (χ3v) is 3.39. The molecule has 1 saturated heterocycles. The summed E-state index contributed by atoms with van der Waals surface area (Å²) in [4.78, 5) is 0. The van der Waals surface area contributed by atoms with E-state index in [0.29, 0.717) is 0 Å². The SMILES string of the molecule is SC[C@@H]1CN[C@H]2CC[C@H]2NC1. The van der Waals surface area contributed by atoms with Crippen molar-refractivity contribution < 1.29 is 0 Å². The van der Waals surface area contributed by atoms with Crippen LogP contribution in [-0.2, 0) is 0 Å². The minimum atomic E-state index is 0.726. The van der Waals surface area contributed by atoms with Gasteiger partial charge in [-0.2, -0.15) is 12.6 Å². The molecule has 3 heteroatoms. The number of nitrogens with one attached hydrogen (secondary N) is 2.